The molecule has 0 fully saturated rings. The zero-order valence-electron chi connectivity index (χ0n) is 9.78. The molecular weight excluding hydrogens is 183 g/mol. The van der Waals surface area contributed by atoms with E-state index in [-0.39, 0.29) is 17.4 Å². The van der Waals surface area contributed by atoms with Crippen molar-refractivity contribution in [1.29, 1.82) is 0 Å². The van der Waals surface area contributed by atoms with Gasteiger partial charge in [0.2, 0.25) is 0 Å². The molecule has 0 radical (unpaired) electrons. The average Bonchev–Trinajstić information content (AvgIpc) is 2.16. The molecule has 0 bridgehead atoms. The molecule has 0 saturated heterocycles. The van der Waals surface area contributed by atoms with Crippen molar-refractivity contribution in [2.75, 3.05) is 0 Å². The highest BCUT2D eigenvalue weighted by Gasteiger charge is 1.90. The van der Waals surface area contributed by atoms with Crippen molar-refractivity contribution < 1.29 is 0 Å². The summed E-state index contributed by atoms with van der Waals surface area (Å²) in [5, 5.41) is 0. The zero-order chi connectivity index (χ0) is 9.78. The maximum absolute atomic E-state index is 2.28. The van der Waals surface area contributed by atoms with Crippen molar-refractivity contribution in [2.45, 2.75) is 84.5 Å². The highest BCUT2D eigenvalue weighted by molar-refractivity contribution is 5.75. The maximum Gasteiger partial charge on any atom is 0.187 e. The van der Waals surface area contributed by atoms with E-state index in [9.17, 15) is 0 Å². The van der Waals surface area contributed by atoms with E-state index < -0.39 is 0 Å². The van der Waals surface area contributed by atoms with E-state index in [1.165, 1.54) is 70.6 Å². The quantitative estimate of drug-likeness (QED) is 0.379. The summed E-state index contributed by atoms with van der Waals surface area (Å²) in [5.74, 6) is 0. The number of hydrogen-bond donors (Lipinski definition) is 0. The van der Waals surface area contributed by atoms with Gasteiger partial charge in [0.05, 0.1) is 0 Å². The van der Waals surface area contributed by atoms with Crippen LogP contribution in [0, 0.1) is 0 Å². The molecule has 0 heterocycles. The molecule has 0 aromatic rings. The summed E-state index contributed by atoms with van der Waals surface area (Å²) in [6.45, 7) is 4.56. The normalized spacial score (nSPS) is 9.86. The van der Waals surface area contributed by atoms with E-state index in [0.29, 0.717) is 0 Å². The van der Waals surface area contributed by atoms with Crippen molar-refractivity contribution in [3.63, 3.8) is 0 Å². The van der Waals surface area contributed by atoms with Gasteiger partial charge in [-0.25, -0.2) is 0 Å². The van der Waals surface area contributed by atoms with Gasteiger partial charge in [-0.05, 0) is 0 Å². The van der Waals surface area contributed by atoms with Crippen molar-refractivity contribution in [3.8, 4) is 0 Å². The Kier molecular flexibility index (Phi) is 19.3. The van der Waals surface area contributed by atoms with Crippen LogP contribution < -0.4 is 0 Å². The summed E-state index contributed by atoms with van der Waals surface area (Å²) < 4.78 is 0. The van der Waals surface area contributed by atoms with Gasteiger partial charge >= 0.3 is 0 Å². The van der Waals surface area contributed by atoms with E-state index in [1.54, 1.807) is 0 Å². The fraction of sp³-hybridized carbons (Fsp3) is 1.00. The molecule has 0 aliphatic carbocycles. The molecule has 0 N–H and O–H groups in total. The topological polar surface area (TPSA) is 0 Å². The number of rotatable bonds is 10. The second-order valence-electron chi connectivity index (χ2n) is 4.18. The first-order valence-corrected chi connectivity index (χ1v) is 6.41. The monoisotopic (exact) mass is 214 g/mol. The zero-order valence-corrected chi connectivity index (χ0v) is 9.78. The Hall–Kier alpha value is 0.532. The van der Waals surface area contributed by atoms with Crippen LogP contribution in [0.2, 0.25) is 0 Å². The van der Waals surface area contributed by atoms with Crippen molar-refractivity contribution in [1.82, 2.24) is 0 Å². The Morgan fingerprint density at radius 1 is 0.429 bits per heavy atom. The molecule has 86 valence electrons. The van der Waals surface area contributed by atoms with Crippen LogP contribution in [0.4, 0.5) is 0 Å². The molecule has 0 rings (SSSR count). The van der Waals surface area contributed by atoms with Gasteiger partial charge in [0, 0.05) is 0 Å². The van der Waals surface area contributed by atoms with Gasteiger partial charge < -0.3 is 0 Å². The fourth-order valence-electron chi connectivity index (χ4n) is 1.74. The summed E-state index contributed by atoms with van der Waals surface area (Å²) in [6, 6.07) is 0. The standard InChI is InChI=1S/C13H28.Al.3H/c1-3-5-7-9-11-13-12-10-8-6-4-2;;;;/h3-13H2,1-2H3;;;;. The van der Waals surface area contributed by atoms with Crippen LogP contribution in [0.5, 0.6) is 0 Å². The minimum Gasteiger partial charge on any atom is -0.0654 e. The lowest BCUT2D eigenvalue weighted by Gasteiger charge is -2.00. The lowest BCUT2D eigenvalue weighted by Crippen LogP contribution is -1.80. The van der Waals surface area contributed by atoms with Gasteiger partial charge in [0.1, 0.15) is 0 Å². The Bertz CT molecular complexity index is 71.3. The van der Waals surface area contributed by atoms with Gasteiger partial charge in [-0.1, -0.05) is 84.5 Å². The Morgan fingerprint density at radius 3 is 0.857 bits per heavy atom. The number of hydrogen-bond acceptors (Lipinski definition) is 0. The Labute approximate surface area is 102 Å². The van der Waals surface area contributed by atoms with E-state index in [2.05, 4.69) is 13.8 Å². The second-order valence-corrected chi connectivity index (χ2v) is 4.18. The van der Waals surface area contributed by atoms with Crippen LogP contribution >= 0.6 is 0 Å². The third kappa shape index (κ3) is 15.0. The minimum atomic E-state index is 0. The van der Waals surface area contributed by atoms with Crippen LogP contribution in [0.3, 0.4) is 0 Å². The highest BCUT2D eigenvalue weighted by Crippen LogP contribution is 2.10. The molecule has 0 aromatic carbocycles. The first-order chi connectivity index (χ1) is 6.41. The third-order valence-electron chi connectivity index (χ3n) is 2.71. The smallest absolute Gasteiger partial charge is 0.0654 e. The SMILES string of the molecule is CCCCCCCCCCCCC.[AlH3]. The van der Waals surface area contributed by atoms with Crippen LogP contribution in [0.1, 0.15) is 84.5 Å². The molecular formula is C13H31Al. The van der Waals surface area contributed by atoms with Gasteiger partial charge in [-0.15, -0.1) is 0 Å². The Balaban J connectivity index is 0. The lowest BCUT2D eigenvalue weighted by molar-refractivity contribution is 0.554. The molecule has 1 heteroatoms. The van der Waals surface area contributed by atoms with E-state index in [1.807, 2.05) is 0 Å². The first kappa shape index (κ1) is 16.9. The van der Waals surface area contributed by atoms with Gasteiger partial charge in [-0.2, -0.15) is 0 Å². The van der Waals surface area contributed by atoms with Crippen LogP contribution in [-0.4, -0.2) is 17.4 Å². The van der Waals surface area contributed by atoms with Gasteiger partial charge in [0.15, 0.2) is 17.4 Å². The van der Waals surface area contributed by atoms with E-state index in [4.69, 9.17) is 0 Å². The van der Waals surface area contributed by atoms with E-state index >= 15 is 0 Å². The molecule has 0 amide bonds. The molecule has 0 aliphatic heterocycles. The summed E-state index contributed by atoms with van der Waals surface area (Å²) in [6.07, 6.45) is 15.9. The molecule has 14 heavy (non-hydrogen) atoms. The molecule has 0 aromatic heterocycles. The van der Waals surface area contributed by atoms with Gasteiger partial charge in [-0.3, -0.25) is 0 Å². The van der Waals surface area contributed by atoms with Crippen LogP contribution in [0.15, 0.2) is 0 Å². The molecule has 0 spiro atoms. The largest absolute Gasteiger partial charge is 0.187 e. The van der Waals surface area contributed by atoms with Crippen molar-refractivity contribution >= 4 is 17.4 Å². The van der Waals surface area contributed by atoms with Crippen molar-refractivity contribution in [3.05, 3.63) is 0 Å². The summed E-state index contributed by atoms with van der Waals surface area (Å²) in [7, 11) is 0. The second kappa shape index (κ2) is 16.0. The van der Waals surface area contributed by atoms with Gasteiger partial charge in [0.25, 0.3) is 0 Å². The number of unbranched alkanes of at least 4 members (excludes halogenated alkanes) is 10. The third-order valence-corrected chi connectivity index (χ3v) is 2.71. The average molecular weight is 214 g/mol. The molecule has 0 unspecified atom stereocenters. The molecule has 0 aliphatic rings. The van der Waals surface area contributed by atoms with E-state index in [0.717, 1.165) is 0 Å². The predicted octanol–water partition coefficient (Wildman–Crippen LogP) is 4.13. The van der Waals surface area contributed by atoms with Crippen LogP contribution in [-0.2, 0) is 0 Å². The fourth-order valence-corrected chi connectivity index (χ4v) is 1.74. The first-order valence-electron chi connectivity index (χ1n) is 6.41. The summed E-state index contributed by atoms with van der Waals surface area (Å²) in [5.41, 5.74) is 0. The molecule has 0 saturated carbocycles. The predicted molar refractivity (Wildman–Crippen MR) is 72.1 cm³/mol. The Morgan fingerprint density at radius 2 is 0.643 bits per heavy atom. The maximum atomic E-state index is 2.28. The minimum absolute atomic E-state index is 0. The molecule has 0 atom stereocenters. The molecule has 0 nitrogen and oxygen atoms in total. The summed E-state index contributed by atoms with van der Waals surface area (Å²) in [4.78, 5) is 0. The summed E-state index contributed by atoms with van der Waals surface area (Å²) >= 11 is 0. The van der Waals surface area contributed by atoms with Crippen molar-refractivity contribution in [2.24, 2.45) is 0 Å². The highest BCUT2D eigenvalue weighted by atomic mass is 27.0. The lowest BCUT2D eigenvalue weighted by atomic mass is 10.1. The van der Waals surface area contributed by atoms with Crippen LogP contribution in [0.25, 0.3) is 0 Å².